The van der Waals surface area contributed by atoms with Gasteiger partial charge in [-0.1, -0.05) is 12.2 Å². The summed E-state index contributed by atoms with van der Waals surface area (Å²) in [6, 6.07) is 0. The maximum absolute atomic E-state index is 5.49. The molecule has 0 aromatic heterocycles. The van der Waals surface area contributed by atoms with Crippen molar-refractivity contribution in [1.82, 2.24) is 4.90 Å². The van der Waals surface area contributed by atoms with Gasteiger partial charge in [0.05, 0.1) is 6.10 Å². The highest BCUT2D eigenvalue weighted by atomic mass is 16.5. The predicted octanol–water partition coefficient (Wildman–Crippen LogP) is 1.43. The fourth-order valence-electron chi connectivity index (χ4n) is 2.73. The van der Waals surface area contributed by atoms with Gasteiger partial charge in [0.25, 0.3) is 0 Å². The molecule has 0 aliphatic carbocycles. The molecule has 0 unspecified atom stereocenters. The average molecular weight is 167 g/mol. The molecule has 2 heteroatoms. The Hall–Kier alpha value is -0.340. The van der Waals surface area contributed by atoms with Crippen molar-refractivity contribution in [3.05, 3.63) is 12.2 Å². The van der Waals surface area contributed by atoms with Crippen molar-refractivity contribution in [3.63, 3.8) is 0 Å². The maximum Gasteiger partial charge on any atom is 0.0767 e. The molecule has 0 spiro atoms. The van der Waals surface area contributed by atoms with Crippen LogP contribution in [0.4, 0.5) is 0 Å². The molecule has 0 amide bonds. The molecule has 2 atom stereocenters. The van der Waals surface area contributed by atoms with Crippen molar-refractivity contribution in [2.75, 3.05) is 20.2 Å². The van der Waals surface area contributed by atoms with Crippen LogP contribution in [0.5, 0.6) is 0 Å². The number of hydrogen-bond donors (Lipinski definition) is 0. The summed E-state index contributed by atoms with van der Waals surface area (Å²) < 4.78 is 5.49. The molecule has 0 N–H and O–H groups in total. The molecular formula is C10H17NO. The first-order chi connectivity index (χ1) is 5.66. The van der Waals surface area contributed by atoms with Crippen LogP contribution >= 0.6 is 0 Å². The molecule has 0 radical (unpaired) electrons. The van der Waals surface area contributed by atoms with E-state index in [1.165, 1.54) is 18.5 Å². The third kappa shape index (κ3) is 0.947. The van der Waals surface area contributed by atoms with E-state index < -0.39 is 0 Å². The lowest BCUT2D eigenvalue weighted by Gasteiger charge is -2.31. The molecule has 2 rings (SSSR count). The summed E-state index contributed by atoms with van der Waals surface area (Å²) in [4.78, 5) is 2.50. The minimum absolute atomic E-state index is 0.256. The number of ether oxygens (including phenoxy) is 1. The molecular weight excluding hydrogens is 150 g/mol. The van der Waals surface area contributed by atoms with Gasteiger partial charge in [0.15, 0.2) is 0 Å². The SMILES string of the molecule is C=C1CN2CC[C@H](OC)[C@]2(C)C1. The molecule has 0 saturated carbocycles. The molecule has 0 aromatic carbocycles. The summed E-state index contributed by atoms with van der Waals surface area (Å²) >= 11 is 0. The fourth-order valence-corrected chi connectivity index (χ4v) is 2.73. The highest BCUT2D eigenvalue weighted by molar-refractivity contribution is 5.18. The van der Waals surface area contributed by atoms with Crippen molar-refractivity contribution in [3.8, 4) is 0 Å². The van der Waals surface area contributed by atoms with Gasteiger partial charge in [-0.2, -0.15) is 0 Å². The monoisotopic (exact) mass is 167 g/mol. The van der Waals surface area contributed by atoms with Crippen LogP contribution in [0.1, 0.15) is 19.8 Å². The molecule has 0 bridgehead atoms. The molecule has 68 valence electrons. The third-order valence-corrected chi connectivity index (χ3v) is 3.38. The van der Waals surface area contributed by atoms with Gasteiger partial charge in [-0.25, -0.2) is 0 Å². The van der Waals surface area contributed by atoms with Gasteiger partial charge in [-0.15, -0.1) is 0 Å². The average Bonchev–Trinajstić information content (AvgIpc) is 2.41. The van der Waals surface area contributed by atoms with E-state index in [9.17, 15) is 0 Å². The second-order valence-electron chi connectivity index (χ2n) is 4.22. The molecule has 2 aliphatic heterocycles. The Balaban J connectivity index is 2.21. The van der Waals surface area contributed by atoms with Crippen molar-refractivity contribution < 1.29 is 4.74 Å². The van der Waals surface area contributed by atoms with Gasteiger partial charge in [0.1, 0.15) is 0 Å². The van der Waals surface area contributed by atoms with Crippen LogP contribution in [-0.4, -0.2) is 36.7 Å². The molecule has 2 saturated heterocycles. The van der Waals surface area contributed by atoms with Crippen LogP contribution in [0.2, 0.25) is 0 Å². The predicted molar refractivity (Wildman–Crippen MR) is 49.1 cm³/mol. The zero-order chi connectivity index (χ0) is 8.77. The molecule has 0 aromatic rings. The van der Waals surface area contributed by atoms with Gasteiger partial charge in [0.2, 0.25) is 0 Å². The van der Waals surface area contributed by atoms with Crippen LogP contribution in [-0.2, 0) is 4.74 Å². The van der Waals surface area contributed by atoms with Crippen LogP contribution < -0.4 is 0 Å². The summed E-state index contributed by atoms with van der Waals surface area (Å²) in [6.45, 7) is 8.61. The normalized spacial score (nSPS) is 42.2. The number of fused-ring (bicyclic) bond motifs is 1. The van der Waals surface area contributed by atoms with Gasteiger partial charge in [-0.3, -0.25) is 4.90 Å². The largest absolute Gasteiger partial charge is 0.379 e. The topological polar surface area (TPSA) is 12.5 Å². The first-order valence-electron chi connectivity index (χ1n) is 4.61. The van der Waals surface area contributed by atoms with E-state index in [0.717, 1.165) is 13.0 Å². The Morgan fingerprint density at radius 3 is 3.08 bits per heavy atom. The van der Waals surface area contributed by atoms with Crippen molar-refractivity contribution >= 4 is 0 Å². The lowest BCUT2D eigenvalue weighted by molar-refractivity contribution is 0.0270. The second kappa shape index (κ2) is 2.57. The van der Waals surface area contributed by atoms with Gasteiger partial charge in [-0.05, 0) is 19.8 Å². The second-order valence-corrected chi connectivity index (χ2v) is 4.22. The summed E-state index contributed by atoms with van der Waals surface area (Å²) in [5, 5.41) is 0. The zero-order valence-corrected chi connectivity index (χ0v) is 7.97. The van der Waals surface area contributed by atoms with E-state index in [4.69, 9.17) is 4.74 Å². The quantitative estimate of drug-likeness (QED) is 0.548. The van der Waals surface area contributed by atoms with E-state index in [1.54, 1.807) is 0 Å². The minimum atomic E-state index is 0.256. The first-order valence-corrected chi connectivity index (χ1v) is 4.61. The Morgan fingerprint density at radius 1 is 1.67 bits per heavy atom. The van der Waals surface area contributed by atoms with Gasteiger partial charge in [0, 0.05) is 25.7 Å². The van der Waals surface area contributed by atoms with E-state index >= 15 is 0 Å². The highest BCUT2D eigenvalue weighted by Crippen LogP contribution is 2.41. The highest BCUT2D eigenvalue weighted by Gasteiger charge is 2.49. The van der Waals surface area contributed by atoms with E-state index in [0.29, 0.717) is 6.10 Å². The van der Waals surface area contributed by atoms with Crippen molar-refractivity contribution in [2.24, 2.45) is 0 Å². The first kappa shape index (κ1) is 8.27. The third-order valence-electron chi connectivity index (χ3n) is 3.38. The number of nitrogens with zero attached hydrogens (tertiary/aromatic N) is 1. The summed E-state index contributed by atoms with van der Waals surface area (Å²) in [6.07, 6.45) is 2.71. The van der Waals surface area contributed by atoms with Crippen LogP contribution in [0.25, 0.3) is 0 Å². The Bertz CT molecular complexity index is 214. The minimum Gasteiger partial charge on any atom is -0.379 e. The number of methoxy groups -OCH3 is 1. The van der Waals surface area contributed by atoms with Gasteiger partial charge < -0.3 is 4.74 Å². The summed E-state index contributed by atoms with van der Waals surface area (Å²) in [5.74, 6) is 0. The number of rotatable bonds is 1. The Labute approximate surface area is 74.2 Å². The van der Waals surface area contributed by atoms with Crippen molar-refractivity contribution in [2.45, 2.75) is 31.4 Å². The Kier molecular flexibility index (Phi) is 1.77. The lowest BCUT2D eigenvalue weighted by atomic mass is 9.92. The zero-order valence-electron chi connectivity index (χ0n) is 7.97. The maximum atomic E-state index is 5.49. The van der Waals surface area contributed by atoms with E-state index in [1.807, 2.05) is 7.11 Å². The summed E-state index contributed by atoms with van der Waals surface area (Å²) in [7, 11) is 1.82. The fraction of sp³-hybridized carbons (Fsp3) is 0.800. The van der Waals surface area contributed by atoms with E-state index in [2.05, 4.69) is 18.4 Å². The van der Waals surface area contributed by atoms with Crippen molar-refractivity contribution in [1.29, 1.82) is 0 Å². The molecule has 12 heavy (non-hydrogen) atoms. The smallest absolute Gasteiger partial charge is 0.0767 e. The lowest BCUT2D eigenvalue weighted by Crippen LogP contribution is -2.43. The Morgan fingerprint density at radius 2 is 2.42 bits per heavy atom. The van der Waals surface area contributed by atoms with Crippen LogP contribution in [0.3, 0.4) is 0 Å². The van der Waals surface area contributed by atoms with Crippen LogP contribution in [0, 0.1) is 0 Å². The molecule has 2 nitrogen and oxygen atoms in total. The van der Waals surface area contributed by atoms with Crippen LogP contribution in [0.15, 0.2) is 12.2 Å². The van der Waals surface area contributed by atoms with E-state index in [-0.39, 0.29) is 5.54 Å². The number of hydrogen-bond acceptors (Lipinski definition) is 2. The van der Waals surface area contributed by atoms with Gasteiger partial charge >= 0.3 is 0 Å². The summed E-state index contributed by atoms with van der Waals surface area (Å²) in [5.41, 5.74) is 1.62. The standard InChI is InChI=1S/C10H17NO/c1-8-6-10(2)9(12-3)4-5-11(10)7-8/h9H,1,4-7H2,2-3H3/t9-,10-/m0/s1. The molecule has 2 heterocycles. The molecule has 2 fully saturated rings. The molecule has 2 aliphatic rings.